The van der Waals surface area contributed by atoms with Gasteiger partial charge in [0, 0.05) is 24.6 Å². The largest absolute Gasteiger partial charge is 0.396 e. The first-order valence-electron chi connectivity index (χ1n) is 9.29. The molecule has 2 rings (SSSR count). The van der Waals surface area contributed by atoms with Crippen LogP contribution in [-0.4, -0.2) is 24.3 Å². The average molecular weight is 296 g/mol. The van der Waals surface area contributed by atoms with Crippen LogP contribution in [0.5, 0.6) is 0 Å². The van der Waals surface area contributed by atoms with Crippen LogP contribution < -0.4 is 5.32 Å². The minimum absolute atomic E-state index is 0.188. The Balaban J connectivity index is 1.80. The minimum atomic E-state index is 0.188. The Hall–Kier alpha value is -0.0800. The van der Waals surface area contributed by atoms with Gasteiger partial charge >= 0.3 is 0 Å². The lowest BCUT2D eigenvalue weighted by Gasteiger charge is -2.37. The van der Waals surface area contributed by atoms with Crippen molar-refractivity contribution in [2.24, 2.45) is 16.7 Å². The van der Waals surface area contributed by atoms with Crippen LogP contribution in [0.1, 0.15) is 85.0 Å². The van der Waals surface area contributed by atoms with E-state index in [9.17, 15) is 5.11 Å². The Labute approximate surface area is 132 Å². The summed E-state index contributed by atoms with van der Waals surface area (Å²) in [6.07, 6.45) is 13.2. The van der Waals surface area contributed by atoms with Crippen LogP contribution in [-0.2, 0) is 0 Å². The summed E-state index contributed by atoms with van der Waals surface area (Å²) in [4.78, 5) is 0. The maximum absolute atomic E-state index is 9.84. The molecule has 2 saturated carbocycles. The van der Waals surface area contributed by atoms with Gasteiger partial charge in [0.25, 0.3) is 0 Å². The molecule has 2 atom stereocenters. The lowest BCUT2D eigenvalue weighted by molar-refractivity contribution is 0.0775. The summed E-state index contributed by atoms with van der Waals surface area (Å²) in [5, 5.41) is 13.7. The highest BCUT2D eigenvalue weighted by molar-refractivity contribution is 4.87. The maximum Gasteiger partial charge on any atom is 0.0499 e. The molecule has 2 N–H and O–H groups in total. The molecule has 2 aliphatic carbocycles. The predicted octanol–water partition coefficient (Wildman–Crippen LogP) is 4.51. The molecule has 0 bridgehead atoms. The van der Waals surface area contributed by atoms with Gasteiger partial charge in [0.1, 0.15) is 0 Å². The van der Waals surface area contributed by atoms with Crippen molar-refractivity contribution in [1.82, 2.24) is 5.32 Å². The number of hydrogen-bond acceptors (Lipinski definition) is 2. The number of rotatable bonds is 4. The fourth-order valence-corrected chi connectivity index (χ4v) is 4.43. The molecule has 0 heterocycles. The van der Waals surface area contributed by atoms with Crippen LogP contribution in [0.2, 0.25) is 0 Å². The van der Waals surface area contributed by atoms with Gasteiger partial charge in [0.05, 0.1) is 0 Å². The predicted molar refractivity (Wildman–Crippen MR) is 90.4 cm³/mol. The molecule has 0 amide bonds. The monoisotopic (exact) mass is 295 g/mol. The molecule has 0 aromatic heterocycles. The third kappa shape index (κ3) is 4.96. The second-order valence-electron chi connectivity index (χ2n) is 8.87. The first-order valence-corrected chi connectivity index (χ1v) is 9.29. The van der Waals surface area contributed by atoms with E-state index in [-0.39, 0.29) is 5.41 Å². The first kappa shape index (κ1) is 17.3. The molecule has 0 aromatic carbocycles. The van der Waals surface area contributed by atoms with Crippen LogP contribution in [0.3, 0.4) is 0 Å². The Kier molecular flexibility index (Phi) is 6.14. The zero-order chi connectivity index (χ0) is 15.3. The van der Waals surface area contributed by atoms with Gasteiger partial charge in [-0.1, -0.05) is 46.5 Å². The highest BCUT2D eigenvalue weighted by atomic mass is 16.3. The van der Waals surface area contributed by atoms with Crippen LogP contribution in [0.4, 0.5) is 0 Å². The molecule has 2 heteroatoms. The summed E-state index contributed by atoms with van der Waals surface area (Å²) in [5.74, 6) is 0.880. The van der Waals surface area contributed by atoms with Gasteiger partial charge in [-0.15, -0.1) is 0 Å². The lowest BCUT2D eigenvalue weighted by Crippen LogP contribution is -2.43. The van der Waals surface area contributed by atoms with Gasteiger partial charge in [0.2, 0.25) is 0 Å². The third-order valence-electron chi connectivity index (χ3n) is 6.21. The molecular weight excluding hydrogens is 258 g/mol. The van der Waals surface area contributed by atoms with Crippen molar-refractivity contribution in [3.05, 3.63) is 0 Å². The van der Waals surface area contributed by atoms with Gasteiger partial charge in [-0.2, -0.15) is 0 Å². The van der Waals surface area contributed by atoms with Crippen molar-refractivity contribution in [1.29, 1.82) is 0 Å². The lowest BCUT2D eigenvalue weighted by atomic mass is 9.74. The van der Waals surface area contributed by atoms with Crippen molar-refractivity contribution in [2.75, 3.05) is 13.2 Å². The van der Waals surface area contributed by atoms with Gasteiger partial charge in [-0.25, -0.2) is 0 Å². The van der Waals surface area contributed by atoms with E-state index in [0.717, 1.165) is 12.5 Å². The zero-order valence-corrected chi connectivity index (χ0v) is 14.6. The van der Waals surface area contributed by atoms with Crippen LogP contribution >= 0.6 is 0 Å². The standard InChI is InChI=1S/C19H37NO/c1-18(2,3)16-8-7-9-17(11-10-16)20-14-19(15-21)12-5-4-6-13-19/h16-17,20-21H,4-15H2,1-3H3. The molecule has 21 heavy (non-hydrogen) atoms. The fourth-order valence-electron chi connectivity index (χ4n) is 4.43. The van der Waals surface area contributed by atoms with E-state index in [4.69, 9.17) is 0 Å². The quantitative estimate of drug-likeness (QED) is 0.748. The van der Waals surface area contributed by atoms with E-state index < -0.39 is 0 Å². The summed E-state index contributed by atoms with van der Waals surface area (Å²) < 4.78 is 0. The maximum atomic E-state index is 9.84. The zero-order valence-electron chi connectivity index (χ0n) is 14.6. The second-order valence-corrected chi connectivity index (χ2v) is 8.87. The Bertz CT molecular complexity index is 301. The highest BCUT2D eigenvalue weighted by Gasteiger charge is 2.33. The average Bonchev–Trinajstić information content (AvgIpc) is 2.71. The molecule has 2 unspecified atom stereocenters. The molecule has 2 fully saturated rings. The molecule has 0 radical (unpaired) electrons. The Morgan fingerprint density at radius 3 is 2.29 bits per heavy atom. The molecule has 0 aromatic rings. The van der Waals surface area contributed by atoms with Crippen molar-refractivity contribution in [3.63, 3.8) is 0 Å². The van der Waals surface area contributed by atoms with Gasteiger partial charge < -0.3 is 10.4 Å². The summed E-state index contributed by atoms with van der Waals surface area (Å²) >= 11 is 0. The van der Waals surface area contributed by atoms with Crippen LogP contribution in [0, 0.1) is 16.7 Å². The molecular formula is C19H37NO. The number of hydrogen-bond donors (Lipinski definition) is 2. The second kappa shape index (κ2) is 7.46. The summed E-state index contributed by atoms with van der Waals surface area (Å²) in [5.41, 5.74) is 0.651. The fraction of sp³-hybridized carbons (Fsp3) is 1.00. The third-order valence-corrected chi connectivity index (χ3v) is 6.21. The van der Waals surface area contributed by atoms with E-state index in [0.29, 0.717) is 18.1 Å². The van der Waals surface area contributed by atoms with E-state index in [1.54, 1.807) is 0 Å². The van der Waals surface area contributed by atoms with Gasteiger partial charge in [0.15, 0.2) is 0 Å². The van der Waals surface area contributed by atoms with E-state index in [1.807, 2.05) is 0 Å². The van der Waals surface area contributed by atoms with Crippen molar-refractivity contribution < 1.29 is 5.11 Å². The highest BCUT2D eigenvalue weighted by Crippen LogP contribution is 2.38. The number of nitrogens with one attached hydrogen (secondary N) is 1. The van der Waals surface area contributed by atoms with E-state index >= 15 is 0 Å². The van der Waals surface area contributed by atoms with E-state index in [2.05, 4.69) is 26.1 Å². The van der Waals surface area contributed by atoms with Crippen molar-refractivity contribution in [2.45, 2.75) is 91.0 Å². The Morgan fingerprint density at radius 2 is 1.67 bits per heavy atom. The summed E-state index contributed by atoms with van der Waals surface area (Å²) in [7, 11) is 0. The molecule has 0 saturated heterocycles. The molecule has 0 spiro atoms. The van der Waals surface area contributed by atoms with Crippen LogP contribution in [0.25, 0.3) is 0 Å². The topological polar surface area (TPSA) is 32.3 Å². The van der Waals surface area contributed by atoms with Gasteiger partial charge in [-0.3, -0.25) is 0 Å². The van der Waals surface area contributed by atoms with E-state index in [1.165, 1.54) is 64.2 Å². The minimum Gasteiger partial charge on any atom is -0.396 e. The molecule has 124 valence electrons. The molecule has 2 nitrogen and oxygen atoms in total. The van der Waals surface area contributed by atoms with Gasteiger partial charge in [-0.05, 0) is 49.9 Å². The SMILES string of the molecule is CC(C)(C)C1CCCC(NCC2(CO)CCCCC2)CC1. The summed E-state index contributed by atoms with van der Waals surface area (Å²) in [6, 6.07) is 0.683. The van der Waals surface area contributed by atoms with Crippen molar-refractivity contribution in [3.8, 4) is 0 Å². The summed E-state index contributed by atoms with van der Waals surface area (Å²) in [6.45, 7) is 8.60. The smallest absolute Gasteiger partial charge is 0.0499 e. The first-order chi connectivity index (χ1) is 9.95. The van der Waals surface area contributed by atoms with Crippen molar-refractivity contribution >= 4 is 0 Å². The number of aliphatic hydroxyl groups excluding tert-OH is 1. The molecule has 2 aliphatic rings. The number of aliphatic hydroxyl groups is 1. The Morgan fingerprint density at radius 1 is 0.952 bits per heavy atom. The normalized spacial score (nSPS) is 30.9. The molecule has 0 aliphatic heterocycles. The van der Waals surface area contributed by atoms with Crippen LogP contribution in [0.15, 0.2) is 0 Å².